The van der Waals surface area contributed by atoms with E-state index < -0.39 is 6.10 Å². The second-order valence-corrected chi connectivity index (χ2v) is 21.0. The molecule has 6 heteroatoms. The lowest BCUT2D eigenvalue weighted by molar-refractivity contribution is -0.167. The first-order valence-electron chi connectivity index (χ1n) is 31.1. The molecule has 0 aliphatic carbocycles. The van der Waals surface area contributed by atoms with Crippen molar-refractivity contribution in [3.05, 3.63) is 48.6 Å². The minimum absolute atomic E-state index is 0.0777. The molecule has 0 heterocycles. The molecule has 414 valence electrons. The third kappa shape index (κ3) is 58.1. The van der Waals surface area contributed by atoms with Crippen molar-refractivity contribution in [3.8, 4) is 0 Å². The lowest BCUT2D eigenvalue weighted by atomic mass is 10.0. The van der Waals surface area contributed by atoms with Gasteiger partial charge in [-0.25, -0.2) is 0 Å². The molecule has 0 aromatic rings. The zero-order chi connectivity index (χ0) is 51.4. The molecule has 0 aliphatic heterocycles. The summed E-state index contributed by atoms with van der Waals surface area (Å²) < 4.78 is 16.9. The smallest absolute Gasteiger partial charge is 0.306 e. The molecule has 0 rings (SSSR count). The van der Waals surface area contributed by atoms with Crippen LogP contribution in [-0.2, 0) is 28.6 Å². The van der Waals surface area contributed by atoms with E-state index in [9.17, 15) is 14.4 Å². The number of carbonyl (C=O) groups is 3. The fourth-order valence-electron chi connectivity index (χ4n) is 9.08. The highest BCUT2D eigenvalue weighted by Crippen LogP contribution is 2.17. The fraction of sp³-hybridized carbons (Fsp3) is 0.831. The van der Waals surface area contributed by atoms with Crippen LogP contribution in [0, 0.1) is 0 Å². The number of hydrogen-bond acceptors (Lipinski definition) is 6. The summed E-state index contributed by atoms with van der Waals surface area (Å²) in [6, 6.07) is 0. The van der Waals surface area contributed by atoms with Crippen LogP contribution in [0.2, 0.25) is 0 Å². The Hall–Kier alpha value is -2.63. The van der Waals surface area contributed by atoms with Crippen molar-refractivity contribution in [1.29, 1.82) is 0 Å². The Morgan fingerprint density at radius 1 is 0.282 bits per heavy atom. The van der Waals surface area contributed by atoms with Crippen LogP contribution >= 0.6 is 0 Å². The Labute approximate surface area is 441 Å². The largest absolute Gasteiger partial charge is 0.462 e. The van der Waals surface area contributed by atoms with E-state index in [1.807, 2.05) is 0 Å². The van der Waals surface area contributed by atoms with Gasteiger partial charge in [-0.1, -0.05) is 281 Å². The molecular weight excluding hydrogens is 877 g/mol. The van der Waals surface area contributed by atoms with E-state index in [0.29, 0.717) is 19.3 Å². The molecule has 1 atom stereocenters. The Bertz CT molecular complexity index is 1230. The lowest BCUT2D eigenvalue weighted by Crippen LogP contribution is -2.30. The molecule has 0 aliphatic rings. The van der Waals surface area contributed by atoms with E-state index in [1.54, 1.807) is 0 Å². The standard InChI is InChI=1S/C65H118O6/c1-4-7-10-13-16-19-22-25-28-30-32-33-34-36-37-40-43-46-49-52-55-58-64(67)70-61-62(60-69-63(66)57-54-51-48-45-42-39-27-24-21-18-15-12-9-6-3)71-65(68)59-56-53-50-47-44-41-38-35-31-29-26-23-20-17-14-11-8-5-2/h15,18,20,23-24,27,29,31,62H,4-14,16-17,19,21-22,25-26,28,30,32-61H2,1-3H3/b18-15-,23-20-,27-24-,31-29-. The topological polar surface area (TPSA) is 78.9 Å². The second-order valence-electron chi connectivity index (χ2n) is 21.0. The van der Waals surface area contributed by atoms with Crippen molar-refractivity contribution >= 4 is 17.9 Å². The number of esters is 3. The van der Waals surface area contributed by atoms with Gasteiger partial charge in [0, 0.05) is 19.3 Å². The van der Waals surface area contributed by atoms with E-state index in [1.165, 1.54) is 199 Å². The second kappa shape index (κ2) is 59.9. The Morgan fingerprint density at radius 3 is 0.831 bits per heavy atom. The molecule has 0 fully saturated rings. The highest BCUT2D eigenvalue weighted by atomic mass is 16.6. The van der Waals surface area contributed by atoms with Gasteiger partial charge in [0.2, 0.25) is 0 Å². The summed E-state index contributed by atoms with van der Waals surface area (Å²) in [5.74, 6) is -0.881. The number of rotatable bonds is 57. The van der Waals surface area contributed by atoms with Crippen LogP contribution in [0.5, 0.6) is 0 Å². The molecule has 0 radical (unpaired) electrons. The van der Waals surface area contributed by atoms with E-state index in [0.717, 1.165) is 89.9 Å². The lowest BCUT2D eigenvalue weighted by Gasteiger charge is -2.18. The van der Waals surface area contributed by atoms with Gasteiger partial charge in [0.05, 0.1) is 0 Å². The summed E-state index contributed by atoms with van der Waals surface area (Å²) in [6.07, 6.45) is 73.9. The molecule has 6 nitrogen and oxygen atoms in total. The summed E-state index contributed by atoms with van der Waals surface area (Å²) in [6.45, 7) is 6.61. The predicted octanol–water partition coefficient (Wildman–Crippen LogP) is 21.0. The van der Waals surface area contributed by atoms with Crippen LogP contribution in [0.3, 0.4) is 0 Å². The molecule has 0 aromatic heterocycles. The van der Waals surface area contributed by atoms with Gasteiger partial charge >= 0.3 is 17.9 Å². The third-order valence-corrected chi connectivity index (χ3v) is 13.8. The first kappa shape index (κ1) is 68.4. The van der Waals surface area contributed by atoms with Crippen molar-refractivity contribution in [2.45, 2.75) is 335 Å². The van der Waals surface area contributed by atoms with E-state index in [2.05, 4.69) is 69.4 Å². The van der Waals surface area contributed by atoms with Gasteiger partial charge in [-0.2, -0.15) is 0 Å². The first-order chi connectivity index (χ1) is 35.0. The van der Waals surface area contributed by atoms with E-state index in [-0.39, 0.29) is 31.1 Å². The molecule has 71 heavy (non-hydrogen) atoms. The van der Waals surface area contributed by atoms with Gasteiger partial charge in [0.25, 0.3) is 0 Å². The molecule has 0 aromatic carbocycles. The molecule has 0 spiro atoms. The third-order valence-electron chi connectivity index (χ3n) is 13.8. The average molecular weight is 996 g/mol. The molecule has 0 amide bonds. The van der Waals surface area contributed by atoms with Gasteiger partial charge in [-0.05, 0) is 77.0 Å². The average Bonchev–Trinajstić information content (AvgIpc) is 3.37. The molecule has 0 N–H and O–H groups in total. The Morgan fingerprint density at radius 2 is 0.521 bits per heavy atom. The monoisotopic (exact) mass is 995 g/mol. The highest BCUT2D eigenvalue weighted by molar-refractivity contribution is 5.71. The zero-order valence-electron chi connectivity index (χ0n) is 47.5. The Balaban J connectivity index is 4.33. The van der Waals surface area contributed by atoms with Gasteiger partial charge in [0.15, 0.2) is 6.10 Å². The van der Waals surface area contributed by atoms with Gasteiger partial charge in [0.1, 0.15) is 13.2 Å². The summed E-state index contributed by atoms with van der Waals surface area (Å²) in [7, 11) is 0. The van der Waals surface area contributed by atoms with Crippen molar-refractivity contribution < 1.29 is 28.6 Å². The van der Waals surface area contributed by atoms with Crippen LogP contribution in [0.25, 0.3) is 0 Å². The minimum atomic E-state index is -0.782. The maximum absolute atomic E-state index is 12.9. The van der Waals surface area contributed by atoms with Gasteiger partial charge in [-0.15, -0.1) is 0 Å². The number of hydrogen-bond donors (Lipinski definition) is 0. The zero-order valence-corrected chi connectivity index (χ0v) is 47.5. The van der Waals surface area contributed by atoms with Crippen molar-refractivity contribution in [2.75, 3.05) is 13.2 Å². The molecule has 0 bridgehead atoms. The van der Waals surface area contributed by atoms with E-state index >= 15 is 0 Å². The first-order valence-corrected chi connectivity index (χ1v) is 31.1. The van der Waals surface area contributed by atoms with Crippen LogP contribution in [0.4, 0.5) is 0 Å². The molecular formula is C65H118O6. The highest BCUT2D eigenvalue weighted by Gasteiger charge is 2.19. The summed E-state index contributed by atoms with van der Waals surface area (Å²) in [5, 5.41) is 0. The minimum Gasteiger partial charge on any atom is -0.462 e. The number of allylic oxidation sites excluding steroid dienone is 8. The van der Waals surface area contributed by atoms with E-state index in [4.69, 9.17) is 14.2 Å². The summed E-state index contributed by atoms with van der Waals surface area (Å²) in [4.78, 5) is 38.3. The predicted molar refractivity (Wildman–Crippen MR) is 307 cm³/mol. The SMILES string of the molecule is CCCC/C=C\C/C=C\CCCCCCCC(=O)OCC(COC(=O)CCCCCCCCCCCCCCCCCCCCCCC)OC(=O)CCCCCCCCC/C=C\C/C=C\CCCCCC. The normalized spacial score (nSPS) is 12.3. The molecule has 0 saturated carbocycles. The fourth-order valence-corrected chi connectivity index (χ4v) is 9.08. The van der Waals surface area contributed by atoms with Crippen LogP contribution in [0.15, 0.2) is 48.6 Å². The van der Waals surface area contributed by atoms with Crippen LogP contribution < -0.4 is 0 Å². The number of unbranched alkanes of at least 4 members (excludes halogenated alkanes) is 38. The quantitative estimate of drug-likeness (QED) is 0.0261. The van der Waals surface area contributed by atoms with Crippen LogP contribution in [-0.4, -0.2) is 37.2 Å². The maximum atomic E-state index is 12.9. The van der Waals surface area contributed by atoms with Crippen molar-refractivity contribution in [2.24, 2.45) is 0 Å². The van der Waals surface area contributed by atoms with Gasteiger partial charge < -0.3 is 14.2 Å². The number of ether oxygens (including phenoxy) is 3. The van der Waals surface area contributed by atoms with Gasteiger partial charge in [-0.3, -0.25) is 14.4 Å². The number of carbonyl (C=O) groups excluding carboxylic acids is 3. The Kier molecular flexibility index (Phi) is 57.7. The van der Waals surface area contributed by atoms with Crippen molar-refractivity contribution in [1.82, 2.24) is 0 Å². The maximum Gasteiger partial charge on any atom is 0.306 e. The van der Waals surface area contributed by atoms with Crippen molar-refractivity contribution in [3.63, 3.8) is 0 Å². The van der Waals surface area contributed by atoms with Crippen LogP contribution in [0.1, 0.15) is 329 Å². The molecule has 1 unspecified atom stereocenters. The summed E-state index contributed by atoms with van der Waals surface area (Å²) in [5.41, 5.74) is 0. The summed E-state index contributed by atoms with van der Waals surface area (Å²) >= 11 is 0. The molecule has 0 saturated heterocycles.